The van der Waals surface area contributed by atoms with Gasteiger partial charge in [0.25, 0.3) is 10.0 Å². The number of carbonyl (C=O) groups is 1. The number of carbonyl (C=O) groups excluding carboxylic acids is 1. The lowest BCUT2D eigenvalue weighted by molar-refractivity contribution is -0.119. The highest BCUT2D eigenvalue weighted by molar-refractivity contribution is 7.92. The van der Waals surface area contributed by atoms with Crippen LogP contribution >= 0.6 is 0 Å². The minimum atomic E-state index is -4.09. The third kappa shape index (κ3) is 6.19. The molecule has 0 saturated carbocycles. The molecule has 0 radical (unpaired) electrons. The van der Waals surface area contributed by atoms with Crippen molar-refractivity contribution < 1.29 is 32.2 Å². The van der Waals surface area contributed by atoms with Gasteiger partial charge in [-0.2, -0.15) is 0 Å². The fraction of sp³-hybridized carbons (Fsp3) is 0.269. The lowest BCUT2D eigenvalue weighted by Gasteiger charge is -2.24. The molecule has 9 nitrogen and oxygen atoms in total. The lowest BCUT2D eigenvalue weighted by Crippen LogP contribution is -2.41. The van der Waals surface area contributed by atoms with Crippen molar-refractivity contribution in [2.75, 3.05) is 45.8 Å². The molecule has 0 saturated heterocycles. The Kier molecular flexibility index (Phi) is 9.02. The summed E-state index contributed by atoms with van der Waals surface area (Å²) >= 11 is 0. The molecule has 0 bridgehead atoms. The van der Waals surface area contributed by atoms with Gasteiger partial charge in [0.15, 0.2) is 23.0 Å². The number of sulfonamides is 1. The van der Waals surface area contributed by atoms with E-state index in [0.717, 1.165) is 9.87 Å². The van der Waals surface area contributed by atoms with Gasteiger partial charge in [0, 0.05) is 12.6 Å². The van der Waals surface area contributed by atoms with Gasteiger partial charge in [-0.05, 0) is 48.4 Å². The predicted molar refractivity (Wildman–Crippen MR) is 137 cm³/mol. The number of nitrogens with one attached hydrogen (secondary N) is 1. The second kappa shape index (κ2) is 12.2. The quantitative estimate of drug-likeness (QED) is 0.396. The number of para-hydroxylation sites is 1. The molecule has 0 aliphatic carbocycles. The Morgan fingerprint density at radius 1 is 0.778 bits per heavy atom. The molecule has 3 aromatic carbocycles. The van der Waals surface area contributed by atoms with Crippen LogP contribution in [0.25, 0.3) is 0 Å². The summed E-state index contributed by atoms with van der Waals surface area (Å²) in [5.41, 5.74) is 1.30. The molecular weight excluding hydrogens is 484 g/mol. The third-order valence-electron chi connectivity index (χ3n) is 5.46. The second-order valence-electron chi connectivity index (χ2n) is 7.65. The lowest BCUT2D eigenvalue weighted by atomic mass is 10.1. The molecule has 0 aliphatic rings. The number of rotatable bonds is 12. The van der Waals surface area contributed by atoms with Crippen molar-refractivity contribution in [3.63, 3.8) is 0 Å². The molecule has 0 atom stereocenters. The van der Waals surface area contributed by atoms with Crippen LogP contribution < -0.4 is 28.6 Å². The van der Waals surface area contributed by atoms with Crippen LogP contribution in [-0.4, -0.2) is 55.9 Å². The van der Waals surface area contributed by atoms with E-state index in [-0.39, 0.29) is 10.6 Å². The summed E-state index contributed by atoms with van der Waals surface area (Å²) in [4.78, 5) is 12.8. The Morgan fingerprint density at radius 2 is 1.36 bits per heavy atom. The fourth-order valence-electron chi connectivity index (χ4n) is 3.58. The van der Waals surface area contributed by atoms with E-state index in [9.17, 15) is 13.2 Å². The highest BCUT2D eigenvalue weighted by atomic mass is 32.2. The summed E-state index contributed by atoms with van der Waals surface area (Å²) in [7, 11) is 1.92. The molecule has 0 spiro atoms. The van der Waals surface area contributed by atoms with Gasteiger partial charge in [-0.25, -0.2) is 8.42 Å². The molecule has 36 heavy (non-hydrogen) atoms. The van der Waals surface area contributed by atoms with E-state index >= 15 is 0 Å². The molecule has 0 unspecified atom stereocenters. The van der Waals surface area contributed by atoms with Crippen molar-refractivity contribution in [2.24, 2.45) is 0 Å². The van der Waals surface area contributed by atoms with Crippen molar-refractivity contribution in [1.82, 2.24) is 5.32 Å². The summed E-state index contributed by atoms with van der Waals surface area (Å²) in [5.74, 6) is 1.44. The number of ether oxygens (including phenoxy) is 4. The van der Waals surface area contributed by atoms with E-state index in [1.54, 1.807) is 50.6 Å². The van der Waals surface area contributed by atoms with Crippen LogP contribution in [-0.2, 0) is 21.2 Å². The maximum absolute atomic E-state index is 13.6. The Labute approximate surface area is 211 Å². The standard InChI is InChI=1S/C26H30N2O7S/c1-32-22-12-10-19(16-24(22)34-3)14-15-27-26(29)18-28(20-8-6-5-7-9-20)36(30,31)21-11-13-23(33-2)25(17-21)35-4/h5-13,16-17H,14-15,18H2,1-4H3,(H,27,29). The van der Waals surface area contributed by atoms with Crippen LogP contribution in [0.1, 0.15) is 5.56 Å². The highest BCUT2D eigenvalue weighted by Crippen LogP contribution is 2.32. The molecule has 0 aromatic heterocycles. The van der Waals surface area contributed by atoms with Crippen molar-refractivity contribution in [2.45, 2.75) is 11.3 Å². The van der Waals surface area contributed by atoms with E-state index in [2.05, 4.69) is 5.32 Å². The first-order valence-corrected chi connectivity index (χ1v) is 12.6. The van der Waals surface area contributed by atoms with Crippen molar-refractivity contribution >= 4 is 21.6 Å². The van der Waals surface area contributed by atoms with Crippen LogP contribution in [0.15, 0.2) is 71.6 Å². The molecule has 3 rings (SSSR count). The zero-order valence-corrected chi connectivity index (χ0v) is 21.5. The Bertz CT molecular complexity index is 1280. The summed E-state index contributed by atoms with van der Waals surface area (Å²) in [6, 6.07) is 18.3. The summed E-state index contributed by atoms with van der Waals surface area (Å²) in [6.07, 6.45) is 0.528. The Balaban J connectivity index is 1.77. The van der Waals surface area contributed by atoms with E-state index in [0.29, 0.717) is 35.9 Å². The average Bonchev–Trinajstić information content (AvgIpc) is 2.91. The molecule has 0 heterocycles. The Morgan fingerprint density at radius 3 is 1.97 bits per heavy atom. The van der Waals surface area contributed by atoms with Gasteiger partial charge < -0.3 is 24.3 Å². The third-order valence-corrected chi connectivity index (χ3v) is 7.23. The molecule has 1 N–H and O–H groups in total. The van der Waals surface area contributed by atoms with Gasteiger partial charge in [0.1, 0.15) is 6.54 Å². The molecule has 192 valence electrons. The minimum Gasteiger partial charge on any atom is -0.493 e. The average molecular weight is 515 g/mol. The van der Waals surface area contributed by atoms with Crippen molar-refractivity contribution in [1.29, 1.82) is 0 Å². The van der Waals surface area contributed by atoms with Gasteiger partial charge in [-0.15, -0.1) is 0 Å². The van der Waals surface area contributed by atoms with E-state index < -0.39 is 22.5 Å². The molecule has 0 aliphatic heterocycles. The Hall–Kier alpha value is -3.92. The molecule has 3 aromatic rings. The molecule has 1 amide bonds. The van der Waals surface area contributed by atoms with Crippen LogP contribution in [0.5, 0.6) is 23.0 Å². The number of amides is 1. The molecule has 0 fully saturated rings. The van der Waals surface area contributed by atoms with E-state index in [1.165, 1.54) is 32.4 Å². The maximum atomic E-state index is 13.6. The van der Waals surface area contributed by atoms with Crippen LogP contribution in [0.3, 0.4) is 0 Å². The van der Waals surface area contributed by atoms with E-state index in [1.807, 2.05) is 12.1 Å². The number of hydrogen-bond donors (Lipinski definition) is 1. The number of benzene rings is 3. The summed E-state index contributed by atoms with van der Waals surface area (Å²) in [5, 5.41) is 2.80. The van der Waals surface area contributed by atoms with Crippen LogP contribution in [0.4, 0.5) is 5.69 Å². The zero-order chi connectivity index (χ0) is 26.1. The normalized spacial score (nSPS) is 10.9. The molecule has 10 heteroatoms. The first-order valence-electron chi connectivity index (χ1n) is 11.1. The van der Waals surface area contributed by atoms with Crippen LogP contribution in [0.2, 0.25) is 0 Å². The largest absolute Gasteiger partial charge is 0.493 e. The number of anilines is 1. The predicted octanol–water partition coefficient (Wildman–Crippen LogP) is 3.28. The number of hydrogen-bond acceptors (Lipinski definition) is 7. The van der Waals surface area contributed by atoms with E-state index in [4.69, 9.17) is 18.9 Å². The van der Waals surface area contributed by atoms with Gasteiger partial charge in [0.2, 0.25) is 5.91 Å². The number of methoxy groups -OCH3 is 4. The highest BCUT2D eigenvalue weighted by Gasteiger charge is 2.28. The van der Waals surface area contributed by atoms with Gasteiger partial charge in [-0.3, -0.25) is 9.10 Å². The molecular formula is C26H30N2O7S. The SMILES string of the molecule is COc1ccc(CCNC(=O)CN(c2ccccc2)S(=O)(=O)c2ccc(OC)c(OC)c2)cc1OC. The van der Waals surface area contributed by atoms with Gasteiger partial charge in [-0.1, -0.05) is 24.3 Å². The van der Waals surface area contributed by atoms with Crippen molar-refractivity contribution in [3.8, 4) is 23.0 Å². The monoisotopic (exact) mass is 514 g/mol. The number of nitrogens with zero attached hydrogens (tertiary/aromatic N) is 1. The first-order chi connectivity index (χ1) is 17.3. The van der Waals surface area contributed by atoms with Gasteiger partial charge >= 0.3 is 0 Å². The minimum absolute atomic E-state index is 0.0258. The zero-order valence-electron chi connectivity index (χ0n) is 20.7. The van der Waals surface area contributed by atoms with Gasteiger partial charge in [0.05, 0.1) is 39.0 Å². The fourth-order valence-corrected chi connectivity index (χ4v) is 5.02. The summed E-state index contributed by atoms with van der Waals surface area (Å²) in [6.45, 7) is -0.0834. The second-order valence-corrected chi connectivity index (χ2v) is 9.52. The van der Waals surface area contributed by atoms with Crippen LogP contribution in [0, 0.1) is 0 Å². The summed E-state index contributed by atoms with van der Waals surface area (Å²) < 4.78 is 49.3. The first kappa shape index (κ1) is 26.7. The van der Waals surface area contributed by atoms with Crippen molar-refractivity contribution in [3.05, 3.63) is 72.3 Å². The topological polar surface area (TPSA) is 103 Å². The smallest absolute Gasteiger partial charge is 0.264 e. The maximum Gasteiger partial charge on any atom is 0.264 e.